The summed E-state index contributed by atoms with van der Waals surface area (Å²) in [6.45, 7) is -0.521. The van der Waals surface area contributed by atoms with Crippen molar-refractivity contribution < 1.29 is 32.2 Å². The van der Waals surface area contributed by atoms with Crippen molar-refractivity contribution in [2.75, 3.05) is 26.1 Å². The molecule has 2 aromatic rings. The number of carbonyl (C=O) groups excluding carboxylic acids is 2. The third-order valence-corrected chi connectivity index (χ3v) is 3.37. The zero-order valence-electron chi connectivity index (χ0n) is 13.9. The summed E-state index contributed by atoms with van der Waals surface area (Å²) in [6.07, 6.45) is 0. The van der Waals surface area contributed by atoms with E-state index in [1.807, 2.05) is 5.32 Å². The molecule has 0 bridgehead atoms. The molecule has 9 heteroatoms. The van der Waals surface area contributed by atoms with E-state index in [0.717, 1.165) is 6.07 Å². The van der Waals surface area contributed by atoms with Gasteiger partial charge < -0.3 is 20.1 Å². The molecule has 26 heavy (non-hydrogen) atoms. The molecule has 2 N–H and O–H groups in total. The maximum Gasteiger partial charge on any atom is 0.255 e. The van der Waals surface area contributed by atoms with Crippen molar-refractivity contribution in [3.05, 3.63) is 53.3 Å². The van der Waals surface area contributed by atoms with Gasteiger partial charge in [-0.2, -0.15) is 0 Å². The largest absolute Gasteiger partial charge is 0.497 e. The minimum absolute atomic E-state index is 0.153. The molecule has 0 radical (unpaired) electrons. The van der Waals surface area contributed by atoms with Crippen LogP contribution in [0.25, 0.3) is 0 Å². The number of anilines is 1. The van der Waals surface area contributed by atoms with Crippen LogP contribution in [0.1, 0.15) is 10.4 Å². The Morgan fingerprint density at radius 2 is 1.73 bits per heavy atom. The molecule has 0 saturated carbocycles. The van der Waals surface area contributed by atoms with Gasteiger partial charge in [0.15, 0.2) is 17.5 Å². The van der Waals surface area contributed by atoms with E-state index in [9.17, 15) is 22.8 Å². The molecule has 0 fully saturated rings. The van der Waals surface area contributed by atoms with E-state index in [4.69, 9.17) is 9.47 Å². The molecule has 0 saturated heterocycles. The van der Waals surface area contributed by atoms with Gasteiger partial charge in [0.2, 0.25) is 5.91 Å². The molecule has 0 heterocycles. The highest BCUT2D eigenvalue weighted by molar-refractivity contribution is 6.01. The summed E-state index contributed by atoms with van der Waals surface area (Å²) < 4.78 is 49.6. The minimum atomic E-state index is -1.70. The first-order valence-corrected chi connectivity index (χ1v) is 7.31. The fraction of sp³-hybridized carbons (Fsp3) is 0.176. The Kier molecular flexibility index (Phi) is 6.05. The van der Waals surface area contributed by atoms with Crippen molar-refractivity contribution in [1.29, 1.82) is 0 Å². The maximum atomic E-state index is 13.5. The summed E-state index contributed by atoms with van der Waals surface area (Å²) in [5.41, 5.74) is -0.384. The molecule has 0 aliphatic heterocycles. The number of carbonyl (C=O) groups is 2. The second kappa shape index (κ2) is 8.24. The van der Waals surface area contributed by atoms with Crippen molar-refractivity contribution in [3.8, 4) is 11.5 Å². The highest BCUT2D eigenvalue weighted by Crippen LogP contribution is 2.24. The number of ether oxygens (including phenoxy) is 2. The monoisotopic (exact) mass is 368 g/mol. The molecule has 0 aromatic heterocycles. The first-order chi connectivity index (χ1) is 12.4. The first-order valence-electron chi connectivity index (χ1n) is 7.31. The number of hydrogen-bond acceptors (Lipinski definition) is 4. The number of rotatable bonds is 6. The molecule has 138 valence electrons. The lowest BCUT2D eigenvalue weighted by molar-refractivity contribution is -0.115. The van der Waals surface area contributed by atoms with E-state index in [0.29, 0.717) is 11.8 Å². The van der Waals surface area contributed by atoms with Crippen LogP contribution in [0.15, 0.2) is 30.3 Å². The SMILES string of the molecule is COc1ccc(C(=O)NCC(=O)Nc2ccc(F)c(F)c2F)c(OC)c1. The van der Waals surface area contributed by atoms with E-state index in [-0.39, 0.29) is 11.3 Å². The number of benzene rings is 2. The zero-order valence-corrected chi connectivity index (χ0v) is 13.9. The molecule has 0 unspecified atom stereocenters. The number of halogens is 3. The van der Waals surface area contributed by atoms with E-state index >= 15 is 0 Å². The summed E-state index contributed by atoms with van der Waals surface area (Å²) in [5.74, 6) is -5.34. The van der Waals surface area contributed by atoms with Crippen molar-refractivity contribution in [3.63, 3.8) is 0 Å². The molecule has 2 aromatic carbocycles. The Morgan fingerprint density at radius 1 is 1.00 bits per heavy atom. The van der Waals surface area contributed by atoms with Crippen LogP contribution in [0.4, 0.5) is 18.9 Å². The molecule has 2 amide bonds. The quantitative estimate of drug-likeness (QED) is 0.768. The fourth-order valence-electron chi connectivity index (χ4n) is 2.06. The molecule has 2 rings (SSSR count). The van der Waals surface area contributed by atoms with Gasteiger partial charge >= 0.3 is 0 Å². The van der Waals surface area contributed by atoms with Gasteiger partial charge in [-0.25, -0.2) is 13.2 Å². The van der Waals surface area contributed by atoms with Gasteiger partial charge in [0.1, 0.15) is 11.5 Å². The molecule has 6 nitrogen and oxygen atoms in total. The van der Waals surface area contributed by atoms with Gasteiger partial charge in [0, 0.05) is 6.07 Å². The highest BCUT2D eigenvalue weighted by atomic mass is 19.2. The second-order valence-electron chi connectivity index (χ2n) is 5.02. The van der Waals surface area contributed by atoms with Crippen LogP contribution in [0.3, 0.4) is 0 Å². The zero-order chi connectivity index (χ0) is 19.3. The van der Waals surface area contributed by atoms with Crippen molar-refractivity contribution >= 4 is 17.5 Å². The molecule has 0 spiro atoms. The standard InChI is InChI=1S/C17H15F3N2O4/c1-25-9-3-4-10(13(7-9)26-2)17(24)21-8-14(23)22-12-6-5-11(18)15(19)16(12)20/h3-7H,8H2,1-2H3,(H,21,24)(H,22,23). The summed E-state index contributed by atoms with van der Waals surface area (Å²) >= 11 is 0. The number of methoxy groups -OCH3 is 2. The minimum Gasteiger partial charge on any atom is -0.497 e. The average Bonchev–Trinajstić information content (AvgIpc) is 2.65. The van der Waals surface area contributed by atoms with Crippen LogP contribution in [0.5, 0.6) is 11.5 Å². The Hall–Kier alpha value is -3.23. The van der Waals surface area contributed by atoms with E-state index in [1.165, 1.54) is 32.4 Å². The van der Waals surface area contributed by atoms with Crippen LogP contribution in [-0.2, 0) is 4.79 Å². The van der Waals surface area contributed by atoms with E-state index in [1.54, 1.807) is 0 Å². The number of hydrogen-bond donors (Lipinski definition) is 2. The van der Waals surface area contributed by atoms with Crippen LogP contribution in [0.2, 0.25) is 0 Å². The molecule has 0 atom stereocenters. The predicted octanol–water partition coefficient (Wildman–Crippen LogP) is 2.49. The third-order valence-electron chi connectivity index (χ3n) is 3.37. The van der Waals surface area contributed by atoms with Gasteiger partial charge in [-0.05, 0) is 24.3 Å². The fourth-order valence-corrected chi connectivity index (χ4v) is 2.06. The summed E-state index contributed by atoms with van der Waals surface area (Å²) in [6, 6.07) is 6.02. The van der Waals surface area contributed by atoms with Crippen molar-refractivity contribution in [2.45, 2.75) is 0 Å². The summed E-state index contributed by atoms with van der Waals surface area (Å²) in [5, 5.41) is 4.36. The predicted molar refractivity (Wildman–Crippen MR) is 86.8 cm³/mol. The Labute approximate surface area is 146 Å². The van der Waals surface area contributed by atoms with Crippen molar-refractivity contribution in [1.82, 2.24) is 5.32 Å². The van der Waals surface area contributed by atoms with Crippen LogP contribution < -0.4 is 20.1 Å². The topological polar surface area (TPSA) is 76.7 Å². The highest BCUT2D eigenvalue weighted by Gasteiger charge is 2.17. The lowest BCUT2D eigenvalue weighted by Gasteiger charge is -2.11. The van der Waals surface area contributed by atoms with Crippen LogP contribution in [0, 0.1) is 17.5 Å². The Balaban J connectivity index is 2.01. The van der Waals surface area contributed by atoms with Gasteiger partial charge in [-0.15, -0.1) is 0 Å². The van der Waals surface area contributed by atoms with Crippen molar-refractivity contribution in [2.24, 2.45) is 0 Å². The van der Waals surface area contributed by atoms with E-state index < -0.39 is 41.5 Å². The van der Waals surface area contributed by atoms with Crippen LogP contribution >= 0.6 is 0 Å². The van der Waals surface area contributed by atoms with Gasteiger partial charge in [-0.1, -0.05) is 0 Å². The number of amides is 2. The van der Waals surface area contributed by atoms with Gasteiger partial charge in [0.05, 0.1) is 32.0 Å². The average molecular weight is 368 g/mol. The van der Waals surface area contributed by atoms with Crippen LogP contribution in [-0.4, -0.2) is 32.6 Å². The smallest absolute Gasteiger partial charge is 0.255 e. The number of nitrogens with one attached hydrogen (secondary N) is 2. The first kappa shape index (κ1) is 19.1. The maximum absolute atomic E-state index is 13.5. The van der Waals surface area contributed by atoms with E-state index in [2.05, 4.69) is 5.32 Å². The normalized spacial score (nSPS) is 10.2. The summed E-state index contributed by atoms with van der Waals surface area (Å²) in [7, 11) is 2.82. The molecule has 0 aliphatic rings. The Bertz CT molecular complexity index is 843. The lowest BCUT2D eigenvalue weighted by atomic mass is 10.1. The molecular weight excluding hydrogens is 353 g/mol. The molecule has 0 aliphatic carbocycles. The van der Waals surface area contributed by atoms with Gasteiger partial charge in [-0.3, -0.25) is 9.59 Å². The molecular formula is C17H15F3N2O4. The van der Waals surface area contributed by atoms with Gasteiger partial charge in [0.25, 0.3) is 5.91 Å². The second-order valence-corrected chi connectivity index (χ2v) is 5.02. The summed E-state index contributed by atoms with van der Waals surface area (Å²) in [4.78, 5) is 23.9. The third kappa shape index (κ3) is 4.24. The Morgan fingerprint density at radius 3 is 2.38 bits per heavy atom. The lowest BCUT2D eigenvalue weighted by Crippen LogP contribution is -2.33.